The van der Waals surface area contributed by atoms with Gasteiger partial charge in [0.05, 0.1) is 0 Å². The number of hydrogen-bond acceptors (Lipinski definition) is 4. The van der Waals surface area contributed by atoms with Crippen molar-refractivity contribution >= 4 is 0 Å². The zero-order valence-corrected chi connectivity index (χ0v) is 13.7. The van der Waals surface area contributed by atoms with Gasteiger partial charge in [0, 0.05) is 18.1 Å². The molecule has 4 nitrogen and oxygen atoms in total. The minimum atomic E-state index is 0.0196. The fourth-order valence-electron chi connectivity index (χ4n) is 2.74. The predicted octanol–water partition coefficient (Wildman–Crippen LogP) is 2.80. The molecule has 0 spiro atoms. The quantitative estimate of drug-likeness (QED) is 0.839. The Morgan fingerprint density at radius 1 is 1.33 bits per heavy atom. The number of benzene rings is 1. The number of nitrogens with zero attached hydrogens (tertiary/aromatic N) is 1. The molecule has 1 aromatic carbocycles. The van der Waals surface area contributed by atoms with Gasteiger partial charge in [-0.25, -0.2) is 0 Å². The van der Waals surface area contributed by atoms with Crippen LogP contribution in [0.5, 0.6) is 11.5 Å². The second kappa shape index (κ2) is 6.67. The minimum absolute atomic E-state index is 0.0196. The van der Waals surface area contributed by atoms with Gasteiger partial charge in [0.25, 0.3) is 0 Å². The van der Waals surface area contributed by atoms with Crippen molar-refractivity contribution in [3.63, 3.8) is 0 Å². The van der Waals surface area contributed by atoms with Gasteiger partial charge in [-0.3, -0.25) is 4.90 Å². The van der Waals surface area contributed by atoms with Crippen LogP contribution in [0.2, 0.25) is 0 Å². The van der Waals surface area contributed by atoms with E-state index in [2.05, 4.69) is 44.9 Å². The summed E-state index contributed by atoms with van der Waals surface area (Å²) in [6, 6.07) is 6.74. The highest BCUT2D eigenvalue weighted by atomic mass is 16.7. The first-order chi connectivity index (χ1) is 10.00. The molecule has 2 rings (SSSR count). The summed E-state index contributed by atoms with van der Waals surface area (Å²) in [5.41, 5.74) is 7.36. The first-order valence-electron chi connectivity index (χ1n) is 7.81. The van der Waals surface area contributed by atoms with E-state index < -0.39 is 0 Å². The van der Waals surface area contributed by atoms with Crippen LogP contribution < -0.4 is 15.2 Å². The lowest BCUT2D eigenvalue weighted by molar-refractivity contribution is 0.0901. The van der Waals surface area contributed by atoms with E-state index in [-0.39, 0.29) is 5.54 Å². The predicted molar refractivity (Wildman–Crippen MR) is 85.9 cm³/mol. The molecule has 2 unspecified atom stereocenters. The Hall–Kier alpha value is -1.26. The van der Waals surface area contributed by atoms with Gasteiger partial charge in [0.1, 0.15) is 0 Å². The van der Waals surface area contributed by atoms with E-state index in [4.69, 9.17) is 15.2 Å². The number of nitrogens with two attached hydrogens (primary N) is 1. The molecule has 0 saturated heterocycles. The van der Waals surface area contributed by atoms with Crippen molar-refractivity contribution in [1.82, 2.24) is 4.90 Å². The second-order valence-electron chi connectivity index (χ2n) is 6.26. The molecular weight excluding hydrogens is 264 g/mol. The molecule has 0 aliphatic carbocycles. The van der Waals surface area contributed by atoms with Crippen LogP contribution in [0.1, 0.15) is 39.2 Å². The van der Waals surface area contributed by atoms with Crippen LogP contribution >= 0.6 is 0 Å². The summed E-state index contributed by atoms with van der Waals surface area (Å²) in [6.45, 7) is 7.73. The monoisotopic (exact) mass is 292 g/mol. The Kier molecular flexibility index (Phi) is 5.12. The van der Waals surface area contributed by atoms with Crippen LogP contribution in [0.15, 0.2) is 18.2 Å². The molecule has 1 heterocycles. The fourth-order valence-corrected chi connectivity index (χ4v) is 2.74. The average molecular weight is 292 g/mol. The minimum Gasteiger partial charge on any atom is -0.454 e. The average Bonchev–Trinajstić information content (AvgIpc) is 2.98. The molecule has 0 saturated carbocycles. The van der Waals surface area contributed by atoms with E-state index in [1.165, 1.54) is 5.56 Å². The lowest BCUT2D eigenvalue weighted by Crippen LogP contribution is -2.53. The van der Waals surface area contributed by atoms with Crippen LogP contribution in [-0.2, 0) is 6.42 Å². The maximum Gasteiger partial charge on any atom is 0.231 e. The largest absolute Gasteiger partial charge is 0.454 e. The first-order valence-corrected chi connectivity index (χ1v) is 7.81. The van der Waals surface area contributed by atoms with Crippen molar-refractivity contribution in [2.75, 3.05) is 20.4 Å². The van der Waals surface area contributed by atoms with Crippen LogP contribution in [0, 0.1) is 0 Å². The molecule has 0 amide bonds. The number of likely N-dealkylation sites (N-methyl/N-ethyl adjacent to an activating group) is 1. The number of aryl methyl sites for hydroxylation is 1. The van der Waals surface area contributed by atoms with Crippen molar-refractivity contribution < 1.29 is 9.47 Å². The number of hydrogen-bond donors (Lipinski definition) is 1. The van der Waals surface area contributed by atoms with E-state index >= 15 is 0 Å². The molecule has 0 aromatic heterocycles. The van der Waals surface area contributed by atoms with Gasteiger partial charge >= 0.3 is 0 Å². The molecule has 0 bridgehead atoms. The van der Waals surface area contributed by atoms with Crippen LogP contribution in [0.25, 0.3) is 0 Å². The maximum atomic E-state index is 6.07. The van der Waals surface area contributed by atoms with Crippen LogP contribution in [-0.4, -0.2) is 36.9 Å². The van der Waals surface area contributed by atoms with Crippen molar-refractivity contribution in [2.24, 2.45) is 5.73 Å². The highest BCUT2D eigenvalue weighted by Gasteiger charge is 2.30. The SMILES string of the molecule is CCC(C)N(C)C(C)(CN)CCc1ccc2c(c1)OCO2. The lowest BCUT2D eigenvalue weighted by atomic mass is 9.90. The van der Waals surface area contributed by atoms with Crippen LogP contribution in [0.4, 0.5) is 0 Å². The Labute approximate surface area is 128 Å². The van der Waals surface area contributed by atoms with Gasteiger partial charge in [-0.15, -0.1) is 0 Å². The lowest BCUT2D eigenvalue weighted by Gasteiger charge is -2.42. The summed E-state index contributed by atoms with van der Waals surface area (Å²) in [5, 5.41) is 0. The Bertz CT molecular complexity index is 478. The molecule has 0 radical (unpaired) electrons. The number of ether oxygens (including phenoxy) is 2. The van der Waals surface area contributed by atoms with Gasteiger partial charge < -0.3 is 15.2 Å². The molecule has 1 aliphatic rings. The third kappa shape index (κ3) is 3.50. The molecule has 1 aliphatic heterocycles. The van der Waals surface area contributed by atoms with E-state index in [1.807, 2.05) is 6.07 Å². The van der Waals surface area contributed by atoms with Crippen molar-refractivity contribution in [2.45, 2.75) is 51.6 Å². The summed E-state index contributed by atoms with van der Waals surface area (Å²) >= 11 is 0. The summed E-state index contributed by atoms with van der Waals surface area (Å²) in [5.74, 6) is 1.70. The molecule has 1 aromatic rings. The third-order valence-corrected chi connectivity index (χ3v) is 4.93. The molecule has 2 N–H and O–H groups in total. The smallest absolute Gasteiger partial charge is 0.231 e. The Morgan fingerprint density at radius 3 is 2.71 bits per heavy atom. The topological polar surface area (TPSA) is 47.7 Å². The molecule has 118 valence electrons. The molecule has 4 heteroatoms. The summed E-state index contributed by atoms with van der Waals surface area (Å²) < 4.78 is 10.8. The number of rotatable bonds is 7. The van der Waals surface area contributed by atoms with E-state index in [9.17, 15) is 0 Å². The summed E-state index contributed by atoms with van der Waals surface area (Å²) in [7, 11) is 2.18. The van der Waals surface area contributed by atoms with Gasteiger partial charge in [-0.05, 0) is 57.9 Å². The zero-order valence-electron chi connectivity index (χ0n) is 13.7. The van der Waals surface area contributed by atoms with E-state index in [0.717, 1.165) is 30.8 Å². The second-order valence-corrected chi connectivity index (χ2v) is 6.26. The van der Waals surface area contributed by atoms with Crippen molar-refractivity contribution in [1.29, 1.82) is 0 Å². The zero-order chi connectivity index (χ0) is 15.5. The normalized spacial score (nSPS) is 17.8. The molecule has 0 fully saturated rings. The van der Waals surface area contributed by atoms with Gasteiger partial charge in [-0.2, -0.15) is 0 Å². The highest BCUT2D eigenvalue weighted by molar-refractivity contribution is 5.44. The van der Waals surface area contributed by atoms with Gasteiger partial charge in [0.15, 0.2) is 11.5 Å². The summed E-state index contributed by atoms with van der Waals surface area (Å²) in [6.07, 6.45) is 3.16. The van der Waals surface area contributed by atoms with Crippen molar-refractivity contribution in [3.05, 3.63) is 23.8 Å². The molecular formula is C17H28N2O2. The Balaban J connectivity index is 2.02. The number of fused-ring (bicyclic) bond motifs is 1. The fraction of sp³-hybridized carbons (Fsp3) is 0.647. The molecule has 21 heavy (non-hydrogen) atoms. The standard InChI is InChI=1S/C17H28N2O2/c1-5-13(2)19(4)17(3,11-18)9-8-14-6-7-15-16(10-14)21-12-20-15/h6-7,10,13H,5,8-9,11-12,18H2,1-4H3. The Morgan fingerprint density at radius 2 is 2.05 bits per heavy atom. The van der Waals surface area contributed by atoms with E-state index in [0.29, 0.717) is 19.4 Å². The first kappa shape index (κ1) is 16.1. The van der Waals surface area contributed by atoms with Crippen molar-refractivity contribution in [3.8, 4) is 11.5 Å². The van der Waals surface area contributed by atoms with Gasteiger partial charge in [-0.1, -0.05) is 13.0 Å². The maximum absolute atomic E-state index is 6.07. The van der Waals surface area contributed by atoms with Crippen LogP contribution in [0.3, 0.4) is 0 Å². The highest BCUT2D eigenvalue weighted by Crippen LogP contribution is 2.33. The summed E-state index contributed by atoms with van der Waals surface area (Å²) in [4.78, 5) is 2.42. The third-order valence-electron chi connectivity index (χ3n) is 4.93. The van der Waals surface area contributed by atoms with E-state index in [1.54, 1.807) is 0 Å². The van der Waals surface area contributed by atoms with Gasteiger partial charge in [0.2, 0.25) is 6.79 Å². The molecule has 2 atom stereocenters.